The van der Waals surface area contributed by atoms with Crippen LogP contribution in [0.3, 0.4) is 0 Å². The maximum Gasteiger partial charge on any atom is 0.150 e. The van der Waals surface area contributed by atoms with E-state index in [1.54, 1.807) is 6.92 Å². The molecule has 0 aromatic heterocycles. The molecule has 1 aliphatic rings. The first kappa shape index (κ1) is 16.0. The molecule has 0 bridgehead atoms. The summed E-state index contributed by atoms with van der Waals surface area (Å²) in [6.07, 6.45) is 7.51. The number of rotatable bonds is 6. The molecule has 1 fully saturated rings. The molecular weight excluding hydrogens is 248 g/mol. The monoisotopic (exact) mass is 276 g/mol. The second kappa shape index (κ2) is 6.90. The Labute approximate surface area is 112 Å². The van der Waals surface area contributed by atoms with Crippen molar-refractivity contribution in [3.8, 4) is 0 Å². The molecule has 0 heterocycles. The quantitative estimate of drug-likeness (QED) is 0.759. The fraction of sp³-hybridized carbons (Fsp3) is 1.00. The molecule has 2 unspecified atom stereocenters. The Balaban J connectivity index is 2.40. The summed E-state index contributed by atoms with van der Waals surface area (Å²) in [6.45, 7) is 3.89. The third-order valence-corrected chi connectivity index (χ3v) is 6.18. The Morgan fingerprint density at radius 2 is 1.94 bits per heavy atom. The third kappa shape index (κ3) is 5.27. The van der Waals surface area contributed by atoms with Crippen LogP contribution in [0.2, 0.25) is 0 Å². The highest BCUT2D eigenvalue weighted by Gasteiger charge is 2.30. The van der Waals surface area contributed by atoms with E-state index in [1.807, 2.05) is 0 Å². The van der Waals surface area contributed by atoms with Gasteiger partial charge in [-0.3, -0.25) is 0 Å². The van der Waals surface area contributed by atoms with Gasteiger partial charge in [0.2, 0.25) is 0 Å². The SMILES string of the molecule is CCC1CCCC(O)(CCCS(=O)(=O)CC)CC1. The topological polar surface area (TPSA) is 54.4 Å². The van der Waals surface area contributed by atoms with Crippen LogP contribution in [0.4, 0.5) is 0 Å². The molecule has 1 N–H and O–H groups in total. The second-order valence-corrected chi connectivity index (χ2v) is 8.24. The molecule has 18 heavy (non-hydrogen) atoms. The molecule has 0 amide bonds. The van der Waals surface area contributed by atoms with Crippen LogP contribution < -0.4 is 0 Å². The average Bonchev–Trinajstić information content (AvgIpc) is 2.51. The summed E-state index contributed by atoms with van der Waals surface area (Å²) < 4.78 is 22.9. The van der Waals surface area contributed by atoms with E-state index in [0.717, 1.165) is 31.6 Å². The van der Waals surface area contributed by atoms with Gasteiger partial charge in [0.25, 0.3) is 0 Å². The molecule has 2 atom stereocenters. The lowest BCUT2D eigenvalue weighted by Crippen LogP contribution is -2.28. The summed E-state index contributed by atoms with van der Waals surface area (Å²) in [5.74, 6) is 1.19. The molecule has 3 nitrogen and oxygen atoms in total. The van der Waals surface area contributed by atoms with Crippen molar-refractivity contribution in [2.45, 2.75) is 70.8 Å². The average molecular weight is 276 g/mol. The van der Waals surface area contributed by atoms with Crippen LogP contribution in [0.15, 0.2) is 0 Å². The molecule has 1 saturated carbocycles. The molecule has 108 valence electrons. The van der Waals surface area contributed by atoms with Crippen molar-refractivity contribution in [1.29, 1.82) is 0 Å². The highest BCUT2D eigenvalue weighted by Crippen LogP contribution is 2.34. The molecule has 1 rings (SSSR count). The fourth-order valence-corrected chi connectivity index (χ4v) is 3.76. The Morgan fingerprint density at radius 3 is 2.56 bits per heavy atom. The molecule has 0 spiro atoms. The van der Waals surface area contributed by atoms with Gasteiger partial charge in [0.05, 0.1) is 11.4 Å². The lowest BCUT2D eigenvalue weighted by molar-refractivity contribution is 0.0149. The first-order chi connectivity index (χ1) is 8.41. The number of sulfone groups is 1. The normalized spacial score (nSPS) is 30.1. The van der Waals surface area contributed by atoms with Crippen LogP contribution in [-0.4, -0.2) is 30.6 Å². The van der Waals surface area contributed by atoms with E-state index in [2.05, 4.69) is 6.92 Å². The number of hydrogen-bond acceptors (Lipinski definition) is 3. The number of hydrogen-bond donors (Lipinski definition) is 1. The third-order valence-electron chi connectivity index (χ3n) is 4.39. The van der Waals surface area contributed by atoms with E-state index >= 15 is 0 Å². The van der Waals surface area contributed by atoms with Crippen LogP contribution in [0, 0.1) is 5.92 Å². The lowest BCUT2D eigenvalue weighted by atomic mass is 9.89. The standard InChI is InChI=1S/C14H28O3S/c1-3-13-7-5-9-14(15,11-8-13)10-6-12-18(16,17)4-2/h13,15H,3-12H2,1-2H3. The van der Waals surface area contributed by atoms with Gasteiger partial charge in [-0.05, 0) is 38.0 Å². The number of aliphatic hydroxyl groups is 1. The molecule has 0 aromatic rings. The largest absolute Gasteiger partial charge is 0.390 e. The summed E-state index contributed by atoms with van der Waals surface area (Å²) >= 11 is 0. The predicted molar refractivity (Wildman–Crippen MR) is 75.4 cm³/mol. The van der Waals surface area contributed by atoms with Crippen molar-refractivity contribution >= 4 is 9.84 Å². The maximum atomic E-state index is 11.4. The molecule has 4 heteroatoms. The molecule has 0 saturated heterocycles. The summed E-state index contributed by atoms with van der Waals surface area (Å²) in [5, 5.41) is 10.5. The van der Waals surface area contributed by atoms with Gasteiger partial charge in [0, 0.05) is 5.75 Å². The predicted octanol–water partition coefficient (Wildman–Crippen LogP) is 2.92. The van der Waals surface area contributed by atoms with Crippen molar-refractivity contribution in [2.24, 2.45) is 5.92 Å². The summed E-state index contributed by atoms with van der Waals surface area (Å²) in [6, 6.07) is 0. The van der Waals surface area contributed by atoms with Gasteiger partial charge in [-0.15, -0.1) is 0 Å². The van der Waals surface area contributed by atoms with Gasteiger partial charge < -0.3 is 5.11 Å². The van der Waals surface area contributed by atoms with Crippen LogP contribution in [0.25, 0.3) is 0 Å². The van der Waals surface area contributed by atoms with Crippen molar-refractivity contribution in [2.75, 3.05) is 11.5 Å². The van der Waals surface area contributed by atoms with E-state index in [9.17, 15) is 13.5 Å². The maximum absolute atomic E-state index is 11.4. The smallest absolute Gasteiger partial charge is 0.150 e. The van der Waals surface area contributed by atoms with Gasteiger partial charge >= 0.3 is 0 Å². The first-order valence-corrected chi connectivity index (χ1v) is 9.16. The highest BCUT2D eigenvalue weighted by molar-refractivity contribution is 7.91. The zero-order valence-corrected chi connectivity index (χ0v) is 12.6. The Bertz CT molecular complexity index is 337. The van der Waals surface area contributed by atoms with Gasteiger partial charge in [-0.2, -0.15) is 0 Å². The summed E-state index contributed by atoms with van der Waals surface area (Å²) in [4.78, 5) is 0. The van der Waals surface area contributed by atoms with Crippen LogP contribution in [-0.2, 0) is 9.84 Å². The minimum Gasteiger partial charge on any atom is -0.390 e. The van der Waals surface area contributed by atoms with E-state index in [4.69, 9.17) is 0 Å². The Hall–Kier alpha value is -0.0900. The summed E-state index contributed by atoms with van der Waals surface area (Å²) in [7, 11) is -2.88. The van der Waals surface area contributed by atoms with Gasteiger partial charge in [-0.1, -0.05) is 33.1 Å². The van der Waals surface area contributed by atoms with Gasteiger partial charge in [-0.25, -0.2) is 8.42 Å². The first-order valence-electron chi connectivity index (χ1n) is 7.33. The highest BCUT2D eigenvalue weighted by atomic mass is 32.2. The minimum absolute atomic E-state index is 0.212. The van der Waals surface area contributed by atoms with Crippen molar-refractivity contribution in [1.82, 2.24) is 0 Å². The Morgan fingerprint density at radius 1 is 1.22 bits per heavy atom. The van der Waals surface area contributed by atoms with Crippen molar-refractivity contribution in [3.63, 3.8) is 0 Å². The molecule has 1 aliphatic carbocycles. The molecule has 0 aromatic carbocycles. The zero-order chi connectivity index (χ0) is 13.6. The molecule has 0 aliphatic heterocycles. The Kier molecular flexibility index (Phi) is 6.12. The zero-order valence-electron chi connectivity index (χ0n) is 11.8. The fourth-order valence-electron chi connectivity index (χ4n) is 2.89. The lowest BCUT2D eigenvalue weighted by Gasteiger charge is -2.26. The van der Waals surface area contributed by atoms with E-state index in [0.29, 0.717) is 12.8 Å². The van der Waals surface area contributed by atoms with E-state index in [1.165, 1.54) is 12.8 Å². The minimum atomic E-state index is -2.88. The van der Waals surface area contributed by atoms with Crippen LogP contribution in [0.1, 0.15) is 65.2 Å². The summed E-state index contributed by atoms with van der Waals surface area (Å²) in [5.41, 5.74) is -0.604. The van der Waals surface area contributed by atoms with Crippen molar-refractivity contribution < 1.29 is 13.5 Å². The second-order valence-electron chi connectivity index (χ2n) is 5.77. The van der Waals surface area contributed by atoms with Gasteiger partial charge in [0.1, 0.15) is 9.84 Å². The van der Waals surface area contributed by atoms with Crippen LogP contribution >= 0.6 is 0 Å². The van der Waals surface area contributed by atoms with Crippen LogP contribution in [0.5, 0.6) is 0 Å². The van der Waals surface area contributed by atoms with E-state index in [-0.39, 0.29) is 11.5 Å². The van der Waals surface area contributed by atoms with Gasteiger partial charge in [0.15, 0.2) is 0 Å². The molecule has 0 radical (unpaired) electrons. The molecular formula is C14H28O3S. The van der Waals surface area contributed by atoms with Crippen molar-refractivity contribution in [3.05, 3.63) is 0 Å². The van der Waals surface area contributed by atoms with E-state index < -0.39 is 15.4 Å².